The summed E-state index contributed by atoms with van der Waals surface area (Å²) in [5.41, 5.74) is -0.835. The SMILES string of the molecule is CSSCCCC(=O)Nc1ccn([C@H]2CC(O)[C@@H](COP(=O)([O-])OP(=O)(O)OP(=O)(O)O)O2)c(=O)n1. The minimum absolute atomic E-state index is 0.00704. The van der Waals surface area contributed by atoms with Crippen molar-refractivity contribution in [3.05, 3.63) is 22.7 Å². The third-order valence-corrected chi connectivity index (χ3v) is 9.84. The van der Waals surface area contributed by atoms with Crippen LogP contribution < -0.4 is 15.9 Å². The summed E-state index contributed by atoms with van der Waals surface area (Å²) < 4.78 is 51.4. The van der Waals surface area contributed by atoms with E-state index in [-0.39, 0.29) is 24.6 Å². The highest BCUT2D eigenvalue weighted by Crippen LogP contribution is 2.65. The zero-order valence-electron chi connectivity index (χ0n) is 18.3. The van der Waals surface area contributed by atoms with Crippen molar-refractivity contribution in [2.24, 2.45) is 0 Å². The second-order valence-electron chi connectivity index (χ2n) is 6.94. The molecule has 1 aromatic heterocycles. The molecule has 1 aromatic rings. The van der Waals surface area contributed by atoms with Crippen LogP contribution in [0.15, 0.2) is 17.1 Å². The maximum Gasteiger partial charge on any atom is 0.487 e. The molecule has 0 bridgehead atoms. The van der Waals surface area contributed by atoms with Gasteiger partial charge in [-0.15, -0.1) is 0 Å². The van der Waals surface area contributed by atoms with Gasteiger partial charge in [0, 0.05) is 24.8 Å². The lowest BCUT2D eigenvalue weighted by molar-refractivity contribution is -0.221. The monoisotopic (exact) mass is 614 g/mol. The van der Waals surface area contributed by atoms with Gasteiger partial charge < -0.3 is 39.3 Å². The minimum Gasteiger partial charge on any atom is -0.756 e. The number of phosphoric acid groups is 3. The Morgan fingerprint density at radius 1 is 1.33 bits per heavy atom. The van der Waals surface area contributed by atoms with Crippen LogP contribution >= 0.6 is 45.1 Å². The summed E-state index contributed by atoms with van der Waals surface area (Å²) >= 11 is 0. The molecule has 22 heteroatoms. The molecule has 0 spiro atoms. The third-order valence-electron chi connectivity index (χ3n) is 4.17. The van der Waals surface area contributed by atoms with E-state index >= 15 is 0 Å². The summed E-state index contributed by atoms with van der Waals surface area (Å²) in [6, 6.07) is 1.33. The number of nitrogens with zero attached hydrogens (tertiary/aromatic N) is 2. The van der Waals surface area contributed by atoms with Gasteiger partial charge in [0.1, 0.15) is 18.1 Å². The molecular formula is C14H23N3O14P3S2-. The van der Waals surface area contributed by atoms with E-state index in [1.54, 1.807) is 21.6 Å². The summed E-state index contributed by atoms with van der Waals surface area (Å²) in [6.45, 7) is -0.945. The second kappa shape index (κ2) is 13.4. The summed E-state index contributed by atoms with van der Waals surface area (Å²) in [5, 5.41) is 12.6. The van der Waals surface area contributed by atoms with Crippen molar-refractivity contribution >= 4 is 56.8 Å². The van der Waals surface area contributed by atoms with Gasteiger partial charge in [-0.25, -0.2) is 18.2 Å². The maximum absolute atomic E-state index is 12.4. The number of nitrogens with one attached hydrogen (secondary N) is 1. The molecule has 1 fully saturated rings. The molecule has 0 saturated carbocycles. The zero-order valence-corrected chi connectivity index (χ0v) is 22.7. The predicted octanol–water partition coefficient (Wildman–Crippen LogP) is 0.333. The lowest BCUT2D eigenvalue weighted by Crippen LogP contribution is -2.29. The topological polar surface area (TPSA) is 256 Å². The zero-order chi connectivity index (χ0) is 27.1. The standard InChI is InChI=1S/C14H24N3O14P3S2/c1-35-36-6-2-3-12(19)15-11-4-5-17(14(20)16-11)13-7-9(18)10(29-13)8-28-33(24,25)31-34(26,27)30-32(21,22)23/h4-5,9-10,13,18H,2-3,6-8H2,1H3,(H,24,25)(H,26,27)(H2,21,22,23)(H,15,16,19,20)/p-1/t9?,10-,13-/m1/s1. The molecule has 0 aromatic carbocycles. The summed E-state index contributed by atoms with van der Waals surface area (Å²) in [6.07, 6.45) is 0.0425. The van der Waals surface area contributed by atoms with Gasteiger partial charge in [-0.2, -0.15) is 9.29 Å². The molecule has 5 N–H and O–H groups in total. The first kappa shape index (κ1) is 31.6. The molecule has 36 heavy (non-hydrogen) atoms. The van der Waals surface area contributed by atoms with Gasteiger partial charge >= 0.3 is 21.3 Å². The first-order chi connectivity index (χ1) is 16.6. The Bertz CT molecular complexity index is 1120. The van der Waals surface area contributed by atoms with Crippen molar-refractivity contribution in [1.82, 2.24) is 9.55 Å². The van der Waals surface area contributed by atoms with Crippen LogP contribution in [0.2, 0.25) is 0 Å². The Hall–Kier alpha value is -0.620. The first-order valence-corrected chi connectivity index (χ1v) is 17.0. The number of anilines is 1. The number of phosphoric ester groups is 1. The molecule has 1 aliphatic heterocycles. The van der Waals surface area contributed by atoms with Crippen LogP contribution in [0.1, 0.15) is 25.5 Å². The van der Waals surface area contributed by atoms with Gasteiger partial charge in [-0.1, -0.05) is 21.6 Å². The fourth-order valence-electron chi connectivity index (χ4n) is 2.78. The van der Waals surface area contributed by atoms with Gasteiger partial charge in [0.15, 0.2) is 0 Å². The van der Waals surface area contributed by atoms with Gasteiger partial charge in [-0.3, -0.25) is 13.9 Å². The number of ether oxygens (including phenoxy) is 1. The normalized spacial score (nSPS) is 23.7. The maximum atomic E-state index is 12.4. The first-order valence-electron chi connectivity index (χ1n) is 9.75. The Morgan fingerprint density at radius 2 is 2.03 bits per heavy atom. The number of hydrogen-bond acceptors (Lipinski definition) is 14. The largest absolute Gasteiger partial charge is 0.756 e. The second-order valence-corrected chi connectivity index (χ2v) is 14.0. The van der Waals surface area contributed by atoms with E-state index in [1.165, 1.54) is 12.3 Å². The van der Waals surface area contributed by atoms with E-state index in [0.717, 1.165) is 10.3 Å². The van der Waals surface area contributed by atoms with Crippen LogP contribution in [0.4, 0.5) is 5.82 Å². The Labute approximate surface area is 211 Å². The molecule has 0 aliphatic carbocycles. The average Bonchev–Trinajstić information content (AvgIpc) is 3.07. The lowest BCUT2D eigenvalue weighted by Gasteiger charge is -2.26. The molecule has 2 rings (SSSR count). The molecule has 2 heterocycles. The van der Waals surface area contributed by atoms with Crippen molar-refractivity contribution in [1.29, 1.82) is 0 Å². The number of hydrogen-bond donors (Lipinski definition) is 5. The van der Waals surface area contributed by atoms with Gasteiger partial charge in [0.2, 0.25) is 5.91 Å². The lowest BCUT2D eigenvalue weighted by atomic mass is 10.2. The van der Waals surface area contributed by atoms with Crippen molar-refractivity contribution in [3.63, 3.8) is 0 Å². The number of carbonyl (C=O) groups excluding carboxylic acids is 1. The quantitative estimate of drug-likeness (QED) is 0.107. The Kier molecular flexibility index (Phi) is 11.8. The number of aliphatic hydroxyl groups excluding tert-OH is 1. The number of aliphatic hydroxyl groups is 1. The highest BCUT2D eigenvalue weighted by molar-refractivity contribution is 8.76. The molecule has 5 atom stereocenters. The summed E-state index contributed by atoms with van der Waals surface area (Å²) in [4.78, 5) is 65.8. The van der Waals surface area contributed by atoms with E-state index in [9.17, 15) is 33.3 Å². The molecule has 1 aliphatic rings. The van der Waals surface area contributed by atoms with E-state index in [2.05, 4.69) is 23.4 Å². The van der Waals surface area contributed by atoms with Crippen LogP contribution in [0, 0.1) is 0 Å². The fraction of sp³-hybridized carbons (Fsp3) is 0.643. The van der Waals surface area contributed by atoms with Gasteiger partial charge in [0.25, 0.3) is 7.82 Å². The smallest absolute Gasteiger partial charge is 0.487 e. The highest BCUT2D eigenvalue weighted by Gasteiger charge is 2.39. The van der Waals surface area contributed by atoms with E-state index < -0.39 is 54.2 Å². The van der Waals surface area contributed by atoms with Crippen LogP contribution in [0.5, 0.6) is 0 Å². The van der Waals surface area contributed by atoms with E-state index in [1.807, 2.05) is 6.26 Å². The number of rotatable bonds is 14. The van der Waals surface area contributed by atoms with Gasteiger partial charge in [0.05, 0.1) is 12.7 Å². The van der Waals surface area contributed by atoms with Crippen LogP contribution in [0.25, 0.3) is 0 Å². The molecule has 1 saturated heterocycles. The van der Waals surface area contributed by atoms with Crippen LogP contribution in [-0.2, 0) is 36.4 Å². The molecule has 17 nitrogen and oxygen atoms in total. The van der Waals surface area contributed by atoms with Crippen LogP contribution in [0.3, 0.4) is 0 Å². The molecule has 1 amide bonds. The van der Waals surface area contributed by atoms with Crippen molar-refractivity contribution in [3.8, 4) is 0 Å². The number of carbonyl (C=O) groups is 1. The Morgan fingerprint density at radius 3 is 2.64 bits per heavy atom. The van der Waals surface area contributed by atoms with Gasteiger partial charge in [-0.05, 0) is 18.7 Å². The highest BCUT2D eigenvalue weighted by atomic mass is 33.1. The third kappa shape index (κ3) is 11.0. The number of aromatic nitrogens is 2. The Balaban J connectivity index is 1.93. The molecule has 206 valence electrons. The van der Waals surface area contributed by atoms with Crippen molar-refractivity contribution in [2.75, 3.05) is 23.9 Å². The molecule has 0 radical (unpaired) electrons. The average molecular weight is 614 g/mol. The minimum atomic E-state index is -5.76. The molecule has 3 unspecified atom stereocenters. The van der Waals surface area contributed by atoms with Crippen molar-refractivity contribution in [2.45, 2.75) is 37.7 Å². The predicted molar refractivity (Wildman–Crippen MR) is 124 cm³/mol. The summed E-state index contributed by atoms with van der Waals surface area (Å²) in [7, 11) is -13.8. The fourth-order valence-corrected chi connectivity index (χ4v) is 7.06. The summed E-state index contributed by atoms with van der Waals surface area (Å²) in [5.74, 6) is 0.464. The van der Waals surface area contributed by atoms with E-state index in [4.69, 9.17) is 19.4 Å². The molecular weight excluding hydrogens is 591 g/mol. The van der Waals surface area contributed by atoms with Crippen molar-refractivity contribution < 1.29 is 61.1 Å². The van der Waals surface area contributed by atoms with E-state index in [0.29, 0.717) is 6.42 Å². The van der Waals surface area contributed by atoms with Crippen LogP contribution in [-0.4, -0.2) is 66.1 Å². The number of amides is 1.